The van der Waals surface area contributed by atoms with Crippen LogP contribution in [0.3, 0.4) is 0 Å². The van der Waals surface area contributed by atoms with Crippen LogP contribution in [0.5, 0.6) is 0 Å². The van der Waals surface area contributed by atoms with Gasteiger partial charge in [-0.3, -0.25) is 14.9 Å². The SMILES string of the molecule is CCOC(=O)NC1=CC(=O)C(=N)C(C)C1=O. The molecule has 86 valence electrons. The Balaban J connectivity index is 2.84. The summed E-state index contributed by atoms with van der Waals surface area (Å²) in [6.45, 7) is 3.25. The van der Waals surface area contributed by atoms with E-state index in [9.17, 15) is 14.4 Å². The smallest absolute Gasteiger partial charge is 0.411 e. The zero-order valence-corrected chi connectivity index (χ0v) is 8.99. The van der Waals surface area contributed by atoms with Gasteiger partial charge in [0.1, 0.15) is 0 Å². The highest BCUT2D eigenvalue weighted by Crippen LogP contribution is 2.13. The number of allylic oxidation sites excluding steroid dienone is 2. The number of Topliss-reactive ketones (excluding diaryl/α,β-unsaturated/α-hetero) is 1. The quantitative estimate of drug-likeness (QED) is 0.710. The molecule has 0 aromatic carbocycles. The average molecular weight is 224 g/mol. The zero-order chi connectivity index (χ0) is 12.3. The molecule has 1 atom stereocenters. The number of hydrogen-bond donors (Lipinski definition) is 2. The Kier molecular flexibility index (Phi) is 3.55. The van der Waals surface area contributed by atoms with Gasteiger partial charge in [0.2, 0.25) is 5.78 Å². The van der Waals surface area contributed by atoms with E-state index < -0.39 is 23.6 Å². The topological polar surface area (TPSA) is 96.3 Å². The number of ether oxygens (including phenoxy) is 1. The lowest BCUT2D eigenvalue weighted by atomic mass is 9.89. The van der Waals surface area contributed by atoms with Crippen LogP contribution in [0.25, 0.3) is 0 Å². The Morgan fingerprint density at radius 3 is 2.75 bits per heavy atom. The third-order valence-electron chi connectivity index (χ3n) is 2.14. The molecule has 0 spiro atoms. The number of carbonyl (C=O) groups excluding carboxylic acids is 3. The van der Waals surface area contributed by atoms with Crippen LogP contribution in [0, 0.1) is 11.3 Å². The van der Waals surface area contributed by atoms with E-state index in [4.69, 9.17) is 5.41 Å². The molecule has 0 aromatic heterocycles. The number of nitrogens with one attached hydrogen (secondary N) is 2. The molecule has 0 saturated heterocycles. The normalized spacial score (nSPS) is 20.5. The predicted molar refractivity (Wildman–Crippen MR) is 55.1 cm³/mol. The van der Waals surface area contributed by atoms with Gasteiger partial charge in [-0.2, -0.15) is 0 Å². The van der Waals surface area contributed by atoms with E-state index >= 15 is 0 Å². The van der Waals surface area contributed by atoms with Crippen LogP contribution in [0.4, 0.5) is 4.79 Å². The first-order chi connectivity index (χ1) is 7.47. The Morgan fingerprint density at radius 1 is 1.56 bits per heavy atom. The third kappa shape index (κ3) is 2.33. The van der Waals surface area contributed by atoms with Crippen LogP contribution in [0.15, 0.2) is 11.8 Å². The van der Waals surface area contributed by atoms with Crippen LogP contribution in [0.2, 0.25) is 0 Å². The lowest BCUT2D eigenvalue weighted by Gasteiger charge is -2.18. The van der Waals surface area contributed by atoms with Crippen LogP contribution in [-0.2, 0) is 14.3 Å². The van der Waals surface area contributed by atoms with Crippen LogP contribution in [0.1, 0.15) is 13.8 Å². The largest absolute Gasteiger partial charge is 0.450 e. The maximum Gasteiger partial charge on any atom is 0.411 e. The van der Waals surface area contributed by atoms with Gasteiger partial charge in [-0.1, -0.05) is 0 Å². The number of ketones is 2. The Labute approximate surface area is 92.2 Å². The number of carbonyl (C=O) groups is 3. The number of rotatable bonds is 2. The summed E-state index contributed by atoms with van der Waals surface area (Å²) in [4.78, 5) is 33.9. The minimum atomic E-state index is -0.825. The fourth-order valence-corrected chi connectivity index (χ4v) is 1.23. The van der Waals surface area contributed by atoms with Crippen molar-refractivity contribution in [3.05, 3.63) is 11.8 Å². The van der Waals surface area contributed by atoms with Gasteiger partial charge >= 0.3 is 6.09 Å². The fraction of sp³-hybridized carbons (Fsp3) is 0.400. The lowest BCUT2D eigenvalue weighted by Crippen LogP contribution is -2.39. The van der Waals surface area contributed by atoms with Crippen LogP contribution in [-0.4, -0.2) is 30.0 Å². The standard InChI is InChI=1S/C10H12N2O4/c1-3-16-10(15)12-6-4-7(13)8(11)5(2)9(6)14/h4-5,11H,3H2,1-2H3,(H,12,15). The summed E-state index contributed by atoms with van der Waals surface area (Å²) in [5.41, 5.74) is -0.383. The molecular formula is C10H12N2O4. The van der Waals surface area contributed by atoms with E-state index in [0.29, 0.717) is 0 Å². The summed E-state index contributed by atoms with van der Waals surface area (Å²) in [6, 6.07) is 0. The summed E-state index contributed by atoms with van der Waals surface area (Å²) < 4.78 is 4.58. The summed E-state index contributed by atoms with van der Waals surface area (Å²) in [7, 11) is 0. The molecule has 1 aliphatic rings. The van der Waals surface area contributed by atoms with Crippen LogP contribution >= 0.6 is 0 Å². The van der Waals surface area contributed by atoms with Crippen molar-refractivity contribution < 1.29 is 19.1 Å². The Bertz CT molecular complexity index is 398. The summed E-state index contributed by atoms with van der Waals surface area (Å²) in [5, 5.41) is 9.51. The molecule has 6 heteroatoms. The molecule has 0 radical (unpaired) electrons. The molecule has 6 nitrogen and oxygen atoms in total. The van der Waals surface area contributed by atoms with E-state index in [1.807, 2.05) is 0 Å². The second kappa shape index (κ2) is 4.69. The van der Waals surface area contributed by atoms with Gasteiger partial charge in [-0.25, -0.2) is 4.79 Å². The van der Waals surface area contributed by atoms with Crippen molar-refractivity contribution in [1.29, 1.82) is 5.41 Å². The molecule has 0 fully saturated rings. The molecule has 0 heterocycles. The molecule has 0 aromatic rings. The minimum absolute atomic E-state index is 0.119. The van der Waals surface area contributed by atoms with Gasteiger partial charge in [0, 0.05) is 6.08 Å². The van der Waals surface area contributed by atoms with Gasteiger partial charge in [0.05, 0.1) is 23.9 Å². The molecule has 1 rings (SSSR count). The summed E-state index contributed by atoms with van der Waals surface area (Å²) in [5.74, 6) is -1.86. The number of alkyl carbamates (subject to hydrolysis) is 1. The molecule has 1 amide bonds. The van der Waals surface area contributed by atoms with Crippen molar-refractivity contribution in [1.82, 2.24) is 5.32 Å². The third-order valence-corrected chi connectivity index (χ3v) is 2.14. The van der Waals surface area contributed by atoms with Crippen molar-refractivity contribution in [3.8, 4) is 0 Å². The number of amides is 1. The average Bonchev–Trinajstić information content (AvgIpc) is 2.23. The summed E-state index contributed by atoms with van der Waals surface area (Å²) >= 11 is 0. The van der Waals surface area contributed by atoms with Crippen molar-refractivity contribution in [2.24, 2.45) is 5.92 Å². The second-order valence-corrected chi connectivity index (χ2v) is 3.27. The van der Waals surface area contributed by atoms with Gasteiger partial charge in [-0.15, -0.1) is 0 Å². The molecule has 16 heavy (non-hydrogen) atoms. The van der Waals surface area contributed by atoms with Gasteiger partial charge < -0.3 is 10.1 Å². The van der Waals surface area contributed by atoms with Gasteiger partial charge in [0.25, 0.3) is 0 Å². The highest BCUT2D eigenvalue weighted by atomic mass is 16.5. The highest BCUT2D eigenvalue weighted by Gasteiger charge is 2.31. The second-order valence-electron chi connectivity index (χ2n) is 3.27. The van der Waals surface area contributed by atoms with E-state index in [0.717, 1.165) is 6.08 Å². The van der Waals surface area contributed by atoms with Gasteiger partial charge in [-0.05, 0) is 13.8 Å². The molecule has 0 saturated carbocycles. The highest BCUT2D eigenvalue weighted by molar-refractivity contribution is 6.50. The van der Waals surface area contributed by atoms with E-state index in [-0.39, 0.29) is 18.0 Å². The van der Waals surface area contributed by atoms with E-state index in [1.54, 1.807) is 6.92 Å². The first-order valence-electron chi connectivity index (χ1n) is 4.79. The van der Waals surface area contributed by atoms with E-state index in [1.165, 1.54) is 6.92 Å². The Morgan fingerprint density at radius 2 is 2.19 bits per heavy atom. The first-order valence-corrected chi connectivity index (χ1v) is 4.79. The maximum absolute atomic E-state index is 11.6. The van der Waals surface area contributed by atoms with Crippen molar-refractivity contribution in [2.75, 3.05) is 6.61 Å². The minimum Gasteiger partial charge on any atom is -0.450 e. The van der Waals surface area contributed by atoms with E-state index in [2.05, 4.69) is 10.1 Å². The zero-order valence-electron chi connectivity index (χ0n) is 8.99. The fourth-order valence-electron chi connectivity index (χ4n) is 1.23. The molecule has 0 aliphatic heterocycles. The molecule has 2 N–H and O–H groups in total. The Hall–Kier alpha value is -1.98. The molecule has 1 unspecified atom stereocenters. The van der Waals surface area contributed by atoms with Crippen molar-refractivity contribution >= 4 is 23.4 Å². The lowest BCUT2D eigenvalue weighted by molar-refractivity contribution is -0.119. The van der Waals surface area contributed by atoms with Crippen LogP contribution < -0.4 is 5.32 Å². The van der Waals surface area contributed by atoms with Crippen molar-refractivity contribution in [3.63, 3.8) is 0 Å². The number of hydrogen-bond acceptors (Lipinski definition) is 5. The maximum atomic E-state index is 11.6. The molecular weight excluding hydrogens is 212 g/mol. The monoisotopic (exact) mass is 224 g/mol. The predicted octanol–water partition coefficient (Wildman–Crippen LogP) is 0.424. The molecule has 1 aliphatic carbocycles. The van der Waals surface area contributed by atoms with Crippen molar-refractivity contribution in [2.45, 2.75) is 13.8 Å². The van der Waals surface area contributed by atoms with Gasteiger partial charge in [0.15, 0.2) is 5.78 Å². The summed E-state index contributed by atoms with van der Waals surface area (Å²) in [6.07, 6.45) is 0.164. The molecule has 0 bridgehead atoms. The first kappa shape index (κ1) is 12.1.